The average molecular weight is 414 g/mol. The number of anilines is 1. The number of thiazole rings is 1. The van der Waals surface area contributed by atoms with E-state index in [1.807, 2.05) is 31.2 Å². The molecule has 0 atom stereocenters. The molecule has 0 radical (unpaired) electrons. The fraction of sp³-hybridized carbons (Fsp3) is 0.176. The highest BCUT2D eigenvalue weighted by Crippen LogP contribution is 2.28. The molecule has 3 heterocycles. The molecule has 28 heavy (non-hydrogen) atoms. The molecule has 0 saturated carbocycles. The fourth-order valence-electron chi connectivity index (χ4n) is 2.57. The van der Waals surface area contributed by atoms with Gasteiger partial charge in [0.1, 0.15) is 11.2 Å². The summed E-state index contributed by atoms with van der Waals surface area (Å²) in [4.78, 5) is 31.4. The normalized spacial score (nSPS) is 10.9. The summed E-state index contributed by atoms with van der Waals surface area (Å²) in [5, 5.41) is 13.2. The number of thiophene rings is 1. The van der Waals surface area contributed by atoms with E-state index in [4.69, 9.17) is 4.74 Å². The Bertz CT molecular complexity index is 1090. The first kappa shape index (κ1) is 18.2. The van der Waals surface area contributed by atoms with Gasteiger partial charge in [-0.05, 0) is 40.9 Å². The minimum absolute atomic E-state index is 0.322. The summed E-state index contributed by atoms with van der Waals surface area (Å²) in [5.41, 5.74) is 1.33. The Morgan fingerprint density at radius 3 is 2.86 bits per heavy atom. The number of rotatable bonds is 6. The van der Waals surface area contributed by atoms with Crippen molar-refractivity contribution in [3.05, 3.63) is 46.9 Å². The van der Waals surface area contributed by atoms with Gasteiger partial charge in [0.15, 0.2) is 11.7 Å². The molecule has 0 saturated heterocycles. The highest BCUT2D eigenvalue weighted by Gasteiger charge is 2.22. The summed E-state index contributed by atoms with van der Waals surface area (Å²) < 4.78 is 7.60. The molecule has 142 valence electrons. The Hall–Kier alpha value is -3.18. The van der Waals surface area contributed by atoms with E-state index in [1.165, 1.54) is 38.6 Å². The molecule has 9 nitrogen and oxygen atoms in total. The van der Waals surface area contributed by atoms with Gasteiger partial charge in [0.25, 0.3) is 5.91 Å². The molecule has 1 aromatic carbocycles. The minimum Gasteiger partial charge on any atom is -0.451 e. The molecule has 0 aliphatic rings. The highest BCUT2D eigenvalue weighted by molar-refractivity contribution is 7.22. The zero-order valence-electron chi connectivity index (χ0n) is 14.7. The predicted molar refractivity (Wildman–Crippen MR) is 105 cm³/mol. The maximum atomic E-state index is 12.6. The van der Waals surface area contributed by atoms with Gasteiger partial charge in [-0.15, -0.1) is 16.4 Å². The smallest absolute Gasteiger partial charge is 0.351 e. The molecule has 3 aromatic heterocycles. The standard InChI is InChI=1S/C17H14N6O3S2/c1-2-22(17-19-11-5-3-4-6-13(11)28-17)14(24)9-26-16(25)15-12(7-8-27-15)23-10-18-20-21-23/h3-8,10H,2,9H2,1H3. The number of hydrogen-bond acceptors (Lipinski definition) is 9. The van der Waals surface area contributed by atoms with Crippen LogP contribution in [0.5, 0.6) is 0 Å². The predicted octanol–water partition coefficient (Wildman–Crippen LogP) is 2.54. The first-order valence-corrected chi connectivity index (χ1v) is 10.0. The van der Waals surface area contributed by atoms with Crippen LogP contribution in [0.1, 0.15) is 16.6 Å². The van der Waals surface area contributed by atoms with Crippen molar-refractivity contribution in [2.24, 2.45) is 0 Å². The van der Waals surface area contributed by atoms with Gasteiger partial charge < -0.3 is 4.74 Å². The summed E-state index contributed by atoms with van der Waals surface area (Å²) in [7, 11) is 0. The Morgan fingerprint density at radius 1 is 1.25 bits per heavy atom. The summed E-state index contributed by atoms with van der Waals surface area (Å²) in [6.07, 6.45) is 1.38. The minimum atomic E-state index is -0.603. The fourth-order valence-corrected chi connectivity index (χ4v) is 4.39. The van der Waals surface area contributed by atoms with E-state index >= 15 is 0 Å². The third-order valence-corrected chi connectivity index (χ3v) is 5.83. The maximum Gasteiger partial charge on any atom is 0.351 e. The number of fused-ring (bicyclic) bond motifs is 1. The monoisotopic (exact) mass is 414 g/mol. The topological polar surface area (TPSA) is 103 Å². The van der Waals surface area contributed by atoms with Gasteiger partial charge in [0.05, 0.1) is 15.9 Å². The number of benzene rings is 1. The van der Waals surface area contributed by atoms with Crippen molar-refractivity contribution in [2.45, 2.75) is 6.92 Å². The number of aromatic nitrogens is 5. The molecule has 11 heteroatoms. The molecule has 0 aliphatic heterocycles. The molecule has 0 unspecified atom stereocenters. The molecule has 4 aromatic rings. The summed E-state index contributed by atoms with van der Waals surface area (Å²) in [6, 6.07) is 9.37. The summed E-state index contributed by atoms with van der Waals surface area (Å²) in [5.74, 6) is -0.940. The molecule has 0 N–H and O–H groups in total. The van der Waals surface area contributed by atoms with Gasteiger partial charge in [-0.2, -0.15) is 4.68 Å². The zero-order valence-corrected chi connectivity index (χ0v) is 16.3. The zero-order chi connectivity index (χ0) is 19.5. The second kappa shape index (κ2) is 7.82. The second-order valence-corrected chi connectivity index (χ2v) is 7.49. The van der Waals surface area contributed by atoms with E-state index in [9.17, 15) is 9.59 Å². The van der Waals surface area contributed by atoms with Crippen molar-refractivity contribution in [3.63, 3.8) is 0 Å². The Labute approximate surface area is 167 Å². The number of nitrogens with zero attached hydrogens (tertiary/aromatic N) is 6. The van der Waals surface area contributed by atoms with Crippen molar-refractivity contribution in [1.29, 1.82) is 0 Å². The molecule has 1 amide bonds. The van der Waals surface area contributed by atoms with Crippen molar-refractivity contribution < 1.29 is 14.3 Å². The van der Waals surface area contributed by atoms with Crippen molar-refractivity contribution in [3.8, 4) is 5.69 Å². The summed E-state index contributed by atoms with van der Waals surface area (Å²) >= 11 is 2.62. The van der Waals surface area contributed by atoms with E-state index in [2.05, 4.69) is 20.5 Å². The lowest BCUT2D eigenvalue weighted by Crippen LogP contribution is -2.34. The van der Waals surface area contributed by atoms with Gasteiger partial charge in [0, 0.05) is 6.54 Å². The van der Waals surface area contributed by atoms with E-state index in [1.54, 1.807) is 11.4 Å². The van der Waals surface area contributed by atoms with Crippen molar-refractivity contribution >= 4 is 49.9 Å². The lowest BCUT2D eigenvalue weighted by molar-refractivity contribution is -0.121. The molecule has 0 fully saturated rings. The molecule has 0 spiro atoms. The number of carbonyl (C=O) groups excluding carboxylic acids is 2. The van der Waals surface area contributed by atoms with Gasteiger partial charge in [-0.1, -0.05) is 23.5 Å². The lowest BCUT2D eigenvalue weighted by atomic mass is 10.3. The van der Waals surface area contributed by atoms with E-state index < -0.39 is 5.97 Å². The van der Waals surface area contributed by atoms with Crippen LogP contribution in [0.3, 0.4) is 0 Å². The van der Waals surface area contributed by atoms with E-state index in [0.29, 0.717) is 22.2 Å². The average Bonchev–Trinajstić information content (AvgIpc) is 3.45. The van der Waals surface area contributed by atoms with Crippen LogP contribution in [0.4, 0.5) is 5.13 Å². The van der Waals surface area contributed by atoms with E-state index in [-0.39, 0.29) is 12.5 Å². The van der Waals surface area contributed by atoms with E-state index in [0.717, 1.165) is 10.2 Å². The van der Waals surface area contributed by atoms with Crippen LogP contribution in [-0.4, -0.2) is 50.2 Å². The molecular weight excluding hydrogens is 400 g/mol. The third kappa shape index (κ3) is 3.49. The Balaban J connectivity index is 1.46. The number of hydrogen-bond donors (Lipinski definition) is 0. The van der Waals surface area contributed by atoms with Crippen LogP contribution in [-0.2, 0) is 9.53 Å². The van der Waals surface area contributed by atoms with Gasteiger partial charge in [-0.25, -0.2) is 9.78 Å². The SMILES string of the molecule is CCN(C(=O)COC(=O)c1sccc1-n1cnnn1)c1nc2ccccc2s1. The quantitative estimate of drug-likeness (QED) is 0.447. The van der Waals surface area contributed by atoms with Crippen LogP contribution in [0.15, 0.2) is 42.0 Å². The van der Waals surface area contributed by atoms with Crippen LogP contribution in [0, 0.1) is 0 Å². The van der Waals surface area contributed by atoms with Gasteiger partial charge in [0.2, 0.25) is 0 Å². The van der Waals surface area contributed by atoms with Gasteiger partial charge >= 0.3 is 5.97 Å². The molecule has 0 bridgehead atoms. The number of carbonyl (C=O) groups is 2. The third-order valence-electron chi connectivity index (χ3n) is 3.88. The first-order chi connectivity index (χ1) is 13.7. The maximum absolute atomic E-state index is 12.6. The van der Waals surface area contributed by atoms with Crippen LogP contribution >= 0.6 is 22.7 Å². The molecule has 0 aliphatic carbocycles. The Kier molecular flexibility index (Phi) is 5.08. The number of esters is 1. The highest BCUT2D eigenvalue weighted by atomic mass is 32.1. The number of tetrazole rings is 1. The molecule has 4 rings (SSSR count). The number of para-hydroxylation sites is 1. The van der Waals surface area contributed by atoms with Crippen LogP contribution in [0.2, 0.25) is 0 Å². The van der Waals surface area contributed by atoms with Crippen LogP contribution < -0.4 is 4.90 Å². The number of amides is 1. The molecular formula is C17H14N6O3S2. The summed E-state index contributed by atoms with van der Waals surface area (Å²) in [6.45, 7) is 1.89. The number of ether oxygens (including phenoxy) is 1. The van der Waals surface area contributed by atoms with Gasteiger partial charge in [-0.3, -0.25) is 9.69 Å². The Morgan fingerprint density at radius 2 is 2.11 bits per heavy atom. The van der Waals surface area contributed by atoms with Crippen LogP contribution in [0.25, 0.3) is 15.9 Å². The van der Waals surface area contributed by atoms with Crippen molar-refractivity contribution in [1.82, 2.24) is 25.2 Å². The van der Waals surface area contributed by atoms with Crippen molar-refractivity contribution in [2.75, 3.05) is 18.1 Å². The number of likely N-dealkylation sites (N-methyl/N-ethyl adjacent to an activating group) is 1. The largest absolute Gasteiger partial charge is 0.451 e. The lowest BCUT2D eigenvalue weighted by Gasteiger charge is -2.17. The first-order valence-electron chi connectivity index (χ1n) is 8.31. The second-order valence-electron chi connectivity index (χ2n) is 5.57.